The first-order valence-corrected chi connectivity index (χ1v) is 16.2. The van der Waals surface area contributed by atoms with Crippen molar-refractivity contribution in [1.29, 1.82) is 0 Å². The van der Waals surface area contributed by atoms with Gasteiger partial charge in [0.05, 0.1) is 16.9 Å². The van der Waals surface area contributed by atoms with Crippen LogP contribution in [0, 0.1) is 45.8 Å². The standard InChI is InChI=1S/C34H42ClNO8/c1-5-8-9-10-13-31-17-36-30(43)34(31,33(31)26(38)21(11-6-2)25(35)28(33)40)27(39)24-23-18(4)14-19(29(41)42)15-20(23)16-32(24,44)22(37)12-7-3/h6-7,11-12,18-20,23-24,44H,5,8-10,13-17H2,1-4H3,(H,36,43)(H,41,42)/b11-6+,12-7+. The third-order valence-electron chi connectivity index (χ3n) is 11.6. The number of carboxylic acids is 1. The van der Waals surface area contributed by atoms with Crippen molar-refractivity contribution < 1.29 is 39.0 Å². The molecule has 4 fully saturated rings. The maximum atomic E-state index is 15.4. The van der Waals surface area contributed by atoms with Gasteiger partial charge in [0.1, 0.15) is 16.4 Å². The van der Waals surface area contributed by atoms with Crippen molar-refractivity contribution in [2.24, 2.45) is 45.8 Å². The number of unbranched alkanes of at least 4 members (excludes halogenated alkanes) is 3. The summed E-state index contributed by atoms with van der Waals surface area (Å²) in [4.78, 5) is 83.8. The highest BCUT2D eigenvalue weighted by atomic mass is 35.5. The molecule has 1 amide bonds. The molecule has 0 aromatic heterocycles. The molecule has 0 aromatic carbocycles. The molecule has 9 unspecified atom stereocenters. The highest BCUT2D eigenvalue weighted by molar-refractivity contribution is 6.54. The van der Waals surface area contributed by atoms with Crippen molar-refractivity contribution in [2.75, 3.05) is 6.54 Å². The summed E-state index contributed by atoms with van der Waals surface area (Å²) < 4.78 is 0. The number of nitrogens with one attached hydrogen (secondary N) is 1. The number of amides is 1. The average Bonchev–Trinajstić information content (AvgIpc) is 3.08. The Bertz CT molecular complexity index is 1430. The number of carbonyl (C=O) groups excluding carboxylic acids is 5. The fourth-order valence-corrected chi connectivity index (χ4v) is 10.4. The van der Waals surface area contributed by atoms with E-state index in [9.17, 15) is 34.2 Å². The summed E-state index contributed by atoms with van der Waals surface area (Å²) in [6, 6.07) is 0. The lowest BCUT2D eigenvalue weighted by Crippen LogP contribution is -2.54. The van der Waals surface area contributed by atoms with Crippen LogP contribution in [0.5, 0.6) is 0 Å². The number of aliphatic carboxylic acids is 1. The van der Waals surface area contributed by atoms with E-state index in [0.717, 1.165) is 19.3 Å². The Morgan fingerprint density at radius 3 is 2.36 bits per heavy atom. The zero-order chi connectivity index (χ0) is 32.4. The van der Waals surface area contributed by atoms with Gasteiger partial charge in [0.25, 0.3) is 0 Å². The number of carbonyl (C=O) groups is 6. The Kier molecular flexibility index (Phi) is 8.24. The normalized spacial score (nSPS) is 41.1. The van der Waals surface area contributed by atoms with Crippen LogP contribution in [0.15, 0.2) is 34.9 Å². The highest BCUT2D eigenvalue weighted by Crippen LogP contribution is 2.86. The zero-order valence-corrected chi connectivity index (χ0v) is 26.5. The number of piperidine rings is 1. The molecule has 3 saturated carbocycles. The lowest BCUT2D eigenvalue weighted by atomic mass is 9.63. The minimum absolute atomic E-state index is 0.0404. The van der Waals surface area contributed by atoms with Crippen molar-refractivity contribution >= 4 is 46.6 Å². The zero-order valence-electron chi connectivity index (χ0n) is 25.8. The van der Waals surface area contributed by atoms with Gasteiger partial charge in [0.15, 0.2) is 23.1 Å². The molecule has 3 N–H and O–H groups in total. The van der Waals surface area contributed by atoms with E-state index in [1.165, 1.54) is 18.2 Å². The fourth-order valence-electron chi connectivity index (χ4n) is 10.1. The Balaban J connectivity index is 1.70. The van der Waals surface area contributed by atoms with Crippen LogP contribution < -0.4 is 5.32 Å². The molecule has 5 rings (SSSR count). The van der Waals surface area contributed by atoms with Gasteiger partial charge in [-0.2, -0.15) is 0 Å². The van der Waals surface area contributed by atoms with Crippen LogP contribution in [0.3, 0.4) is 0 Å². The summed E-state index contributed by atoms with van der Waals surface area (Å²) in [6.07, 6.45) is 9.29. The molecule has 0 aromatic rings. The van der Waals surface area contributed by atoms with E-state index >= 15 is 4.79 Å². The Labute approximate surface area is 262 Å². The second-order valence-corrected chi connectivity index (χ2v) is 14.0. The van der Waals surface area contributed by atoms with Crippen molar-refractivity contribution in [3.63, 3.8) is 0 Å². The predicted molar refractivity (Wildman–Crippen MR) is 161 cm³/mol. The predicted octanol–water partition coefficient (Wildman–Crippen LogP) is 4.11. The molecule has 0 bridgehead atoms. The first-order valence-electron chi connectivity index (χ1n) is 15.9. The summed E-state index contributed by atoms with van der Waals surface area (Å²) in [5.41, 5.74) is -7.87. The molecule has 1 heterocycles. The number of hydrogen-bond acceptors (Lipinski definition) is 7. The summed E-state index contributed by atoms with van der Waals surface area (Å²) >= 11 is 6.53. The SMILES string of the molecule is C/C=C/C(=O)C1(O)CC2CC(C(=O)O)CC(C)C2C1C(=O)C12C(=O)NCC1(CCCCCC)C21C(=O)C(Cl)=C(/C=C/C)C1=O. The monoisotopic (exact) mass is 627 g/mol. The third-order valence-corrected chi connectivity index (χ3v) is 12.0. The molecule has 1 aliphatic heterocycles. The molecule has 4 aliphatic carbocycles. The van der Waals surface area contributed by atoms with Gasteiger partial charge in [-0.15, -0.1) is 0 Å². The van der Waals surface area contributed by atoms with Crippen LogP contribution >= 0.6 is 11.6 Å². The number of hydrogen-bond donors (Lipinski definition) is 3. The van der Waals surface area contributed by atoms with Gasteiger partial charge in [-0.1, -0.05) is 69.4 Å². The molecule has 1 saturated heterocycles. The number of allylic oxidation sites excluding steroid dienone is 5. The molecule has 9 atom stereocenters. The van der Waals surface area contributed by atoms with E-state index in [2.05, 4.69) is 5.32 Å². The largest absolute Gasteiger partial charge is 0.481 e. The van der Waals surface area contributed by atoms with Gasteiger partial charge in [0.2, 0.25) is 5.91 Å². The number of fused-ring (bicyclic) bond motifs is 4. The number of rotatable bonds is 11. The van der Waals surface area contributed by atoms with Gasteiger partial charge in [-0.05, 0) is 63.4 Å². The molecular formula is C34H42ClNO8. The van der Waals surface area contributed by atoms with Gasteiger partial charge >= 0.3 is 5.97 Å². The first kappa shape index (κ1) is 32.5. The topological polar surface area (TPSA) is 155 Å². The molecule has 9 nitrogen and oxygen atoms in total. The quantitative estimate of drug-likeness (QED) is 0.176. The molecular weight excluding hydrogens is 586 g/mol. The minimum atomic E-state index is -2.23. The van der Waals surface area contributed by atoms with Crippen molar-refractivity contribution in [3.05, 3.63) is 34.9 Å². The maximum Gasteiger partial charge on any atom is 0.306 e. The second kappa shape index (κ2) is 11.2. The average molecular weight is 628 g/mol. The molecule has 44 heavy (non-hydrogen) atoms. The van der Waals surface area contributed by atoms with E-state index in [0.29, 0.717) is 6.42 Å². The molecule has 10 heteroatoms. The molecule has 5 aliphatic rings. The number of halogens is 1. The van der Waals surface area contributed by atoms with E-state index < -0.39 is 80.5 Å². The van der Waals surface area contributed by atoms with E-state index in [-0.39, 0.29) is 48.8 Å². The Morgan fingerprint density at radius 1 is 1.05 bits per heavy atom. The van der Waals surface area contributed by atoms with Crippen LogP contribution in [0.4, 0.5) is 0 Å². The van der Waals surface area contributed by atoms with Gasteiger partial charge in [-0.25, -0.2) is 0 Å². The van der Waals surface area contributed by atoms with Crippen LogP contribution in [0.1, 0.15) is 79.1 Å². The van der Waals surface area contributed by atoms with Crippen LogP contribution in [-0.2, 0) is 28.8 Å². The van der Waals surface area contributed by atoms with E-state index in [1.807, 2.05) is 6.92 Å². The van der Waals surface area contributed by atoms with Gasteiger partial charge < -0.3 is 15.5 Å². The smallest absolute Gasteiger partial charge is 0.306 e. The number of ketones is 4. The lowest BCUT2D eigenvalue weighted by molar-refractivity contribution is -0.155. The van der Waals surface area contributed by atoms with Crippen molar-refractivity contribution in [2.45, 2.75) is 84.7 Å². The van der Waals surface area contributed by atoms with Gasteiger partial charge in [-0.3, -0.25) is 28.8 Å². The minimum Gasteiger partial charge on any atom is -0.481 e. The number of aliphatic hydroxyl groups is 1. The summed E-state index contributed by atoms with van der Waals surface area (Å²) in [6.45, 7) is 7.05. The molecule has 1 spiro atoms. The second-order valence-electron chi connectivity index (χ2n) is 13.6. The molecule has 0 radical (unpaired) electrons. The van der Waals surface area contributed by atoms with Gasteiger partial charge in [0, 0.05) is 17.5 Å². The first-order chi connectivity index (χ1) is 20.8. The third kappa shape index (κ3) is 3.80. The van der Waals surface area contributed by atoms with E-state index in [1.54, 1.807) is 26.8 Å². The van der Waals surface area contributed by atoms with Crippen molar-refractivity contribution in [1.82, 2.24) is 5.32 Å². The summed E-state index contributed by atoms with van der Waals surface area (Å²) in [5.74, 6) is -8.24. The fraction of sp³-hybridized carbons (Fsp3) is 0.647. The maximum absolute atomic E-state index is 15.4. The number of carboxylic acid groups (broad SMARTS) is 1. The highest BCUT2D eigenvalue weighted by Gasteiger charge is 3.01. The Hall–Kier alpha value is -2.91. The van der Waals surface area contributed by atoms with Crippen LogP contribution in [0.25, 0.3) is 0 Å². The summed E-state index contributed by atoms with van der Waals surface area (Å²) in [5, 5.41) is 24.5. The number of Topliss-reactive ketones (excluding diaryl/α,β-unsaturated/α-hetero) is 3. The van der Waals surface area contributed by atoms with Crippen LogP contribution in [-0.4, -0.2) is 57.4 Å². The van der Waals surface area contributed by atoms with Crippen molar-refractivity contribution in [3.8, 4) is 0 Å². The molecule has 238 valence electrons. The lowest BCUT2D eigenvalue weighted by Gasteiger charge is -2.39. The van der Waals surface area contributed by atoms with E-state index in [4.69, 9.17) is 11.6 Å². The summed E-state index contributed by atoms with van der Waals surface area (Å²) in [7, 11) is 0. The van der Waals surface area contributed by atoms with Crippen LogP contribution in [0.2, 0.25) is 0 Å². The Morgan fingerprint density at radius 2 is 1.75 bits per heavy atom.